The first-order chi connectivity index (χ1) is 10.5. The molecule has 0 aromatic rings. The Morgan fingerprint density at radius 3 is 2.50 bits per heavy atom. The first-order valence-electron chi connectivity index (χ1n) is 8.44. The molecule has 0 aromatic heterocycles. The number of hydrogen-bond donors (Lipinski definition) is 1. The molecule has 1 N–H and O–H groups in total. The Bertz CT molecular complexity index is 472. The molecule has 0 radical (unpaired) electrons. The number of sulfonamides is 1. The maximum absolute atomic E-state index is 12.6. The fourth-order valence-corrected chi connectivity index (χ4v) is 4.92. The average Bonchev–Trinajstić information content (AvgIpc) is 2.53. The van der Waals surface area contributed by atoms with Crippen LogP contribution < -0.4 is 5.32 Å². The highest BCUT2D eigenvalue weighted by molar-refractivity contribution is 7.89. The third kappa shape index (κ3) is 4.20. The number of rotatable bonds is 5. The highest BCUT2D eigenvalue weighted by Gasteiger charge is 2.34. The second kappa shape index (κ2) is 7.75. The molecule has 1 unspecified atom stereocenters. The van der Waals surface area contributed by atoms with Crippen molar-refractivity contribution in [2.75, 3.05) is 38.5 Å². The molecule has 2 heterocycles. The van der Waals surface area contributed by atoms with Gasteiger partial charge in [0.1, 0.15) is 0 Å². The summed E-state index contributed by atoms with van der Waals surface area (Å²) in [5.41, 5.74) is 0. The Kier molecular flexibility index (Phi) is 6.23. The lowest BCUT2D eigenvalue weighted by Crippen LogP contribution is -2.55. The Labute approximate surface area is 134 Å². The number of carbonyl (C=O) groups excluding carboxylic acids is 1. The Morgan fingerprint density at radius 2 is 1.91 bits per heavy atom. The third-order valence-electron chi connectivity index (χ3n) is 4.74. The standard InChI is InChI=1S/C15H29N3O3S/c1-3-4-11-22(20,21)17-8-5-14(6-9-17)15(19)18-10-7-16-12-13(18)2/h13-14,16H,3-12H2,1-2H3. The predicted molar refractivity (Wildman–Crippen MR) is 87.0 cm³/mol. The van der Waals surface area contributed by atoms with E-state index in [-0.39, 0.29) is 23.6 Å². The maximum atomic E-state index is 12.6. The molecule has 128 valence electrons. The van der Waals surface area contributed by atoms with Crippen LogP contribution in [0.3, 0.4) is 0 Å². The summed E-state index contributed by atoms with van der Waals surface area (Å²) >= 11 is 0. The molecule has 1 amide bonds. The van der Waals surface area contributed by atoms with Gasteiger partial charge in [-0.1, -0.05) is 13.3 Å². The number of unbranched alkanes of at least 4 members (excludes halogenated alkanes) is 1. The summed E-state index contributed by atoms with van der Waals surface area (Å²) in [6.07, 6.45) is 2.90. The highest BCUT2D eigenvalue weighted by Crippen LogP contribution is 2.23. The summed E-state index contributed by atoms with van der Waals surface area (Å²) in [5, 5.41) is 3.29. The van der Waals surface area contributed by atoms with Crippen LogP contribution in [0.25, 0.3) is 0 Å². The number of piperidine rings is 1. The van der Waals surface area contributed by atoms with E-state index in [9.17, 15) is 13.2 Å². The topological polar surface area (TPSA) is 69.7 Å². The fourth-order valence-electron chi connectivity index (χ4n) is 3.24. The van der Waals surface area contributed by atoms with Crippen LogP contribution in [0.4, 0.5) is 0 Å². The smallest absolute Gasteiger partial charge is 0.226 e. The first kappa shape index (κ1) is 17.7. The lowest BCUT2D eigenvalue weighted by Gasteiger charge is -2.38. The van der Waals surface area contributed by atoms with Crippen molar-refractivity contribution < 1.29 is 13.2 Å². The SMILES string of the molecule is CCCCS(=O)(=O)N1CCC(C(=O)N2CCNCC2C)CC1. The van der Waals surface area contributed by atoms with Crippen LogP contribution in [0.5, 0.6) is 0 Å². The van der Waals surface area contributed by atoms with E-state index in [0.717, 1.165) is 26.1 Å². The minimum Gasteiger partial charge on any atom is -0.337 e. The van der Waals surface area contributed by atoms with Crippen molar-refractivity contribution in [1.82, 2.24) is 14.5 Å². The number of nitrogens with zero attached hydrogens (tertiary/aromatic N) is 2. The van der Waals surface area contributed by atoms with Gasteiger partial charge in [-0.3, -0.25) is 4.79 Å². The first-order valence-corrected chi connectivity index (χ1v) is 10.1. The van der Waals surface area contributed by atoms with E-state index in [1.165, 1.54) is 0 Å². The van der Waals surface area contributed by atoms with Gasteiger partial charge in [0.2, 0.25) is 15.9 Å². The summed E-state index contributed by atoms with van der Waals surface area (Å²) in [4.78, 5) is 14.6. The number of carbonyl (C=O) groups is 1. The Hall–Kier alpha value is -0.660. The van der Waals surface area contributed by atoms with Gasteiger partial charge in [-0.05, 0) is 26.2 Å². The van der Waals surface area contributed by atoms with Crippen molar-refractivity contribution >= 4 is 15.9 Å². The quantitative estimate of drug-likeness (QED) is 0.803. The summed E-state index contributed by atoms with van der Waals surface area (Å²) in [5.74, 6) is 0.425. The molecule has 6 nitrogen and oxygen atoms in total. The molecule has 7 heteroatoms. The van der Waals surface area contributed by atoms with Gasteiger partial charge in [-0.2, -0.15) is 0 Å². The number of nitrogens with one attached hydrogen (secondary N) is 1. The van der Waals surface area contributed by atoms with Crippen LogP contribution in [-0.2, 0) is 14.8 Å². The van der Waals surface area contributed by atoms with Crippen LogP contribution in [0, 0.1) is 5.92 Å². The summed E-state index contributed by atoms with van der Waals surface area (Å²) < 4.78 is 26.0. The molecular formula is C15H29N3O3S. The normalized spacial score (nSPS) is 25.4. The van der Waals surface area contributed by atoms with E-state index in [2.05, 4.69) is 12.2 Å². The van der Waals surface area contributed by atoms with Crippen LogP contribution in [0.1, 0.15) is 39.5 Å². The molecule has 2 aliphatic heterocycles. The highest BCUT2D eigenvalue weighted by atomic mass is 32.2. The monoisotopic (exact) mass is 331 g/mol. The van der Waals surface area contributed by atoms with E-state index in [1.807, 2.05) is 11.8 Å². The second-order valence-electron chi connectivity index (χ2n) is 6.43. The zero-order chi connectivity index (χ0) is 16.2. The lowest BCUT2D eigenvalue weighted by molar-refractivity contribution is -0.139. The van der Waals surface area contributed by atoms with Crippen LogP contribution in [-0.4, -0.2) is 68.0 Å². The van der Waals surface area contributed by atoms with Gasteiger partial charge in [-0.15, -0.1) is 0 Å². The second-order valence-corrected chi connectivity index (χ2v) is 8.52. The molecule has 2 rings (SSSR count). The minimum absolute atomic E-state index is 0.0156. The molecule has 0 saturated carbocycles. The molecule has 0 aliphatic carbocycles. The molecule has 2 saturated heterocycles. The summed E-state index contributed by atoms with van der Waals surface area (Å²) in [7, 11) is -3.13. The van der Waals surface area contributed by atoms with Gasteiger partial charge in [0.05, 0.1) is 5.75 Å². The maximum Gasteiger partial charge on any atom is 0.226 e. The molecule has 1 atom stereocenters. The molecule has 0 spiro atoms. The van der Waals surface area contributed by atoms with Gasteiger partial charge >= 0.3 is 0 Å². The lowest BCUT2D eigenvalue weighted by atomic mass is 9.95. The zero-order valence-corrected chi connectivity index (χ0v) is 14.6. The van der Waals surface area contributed by atoms with E-state index >= 15 is 0 Å². The molecule has 22 heavy (non-hydrogen) atoms. The molecule has 0 bridgehead atoms. The van der Waals surface area contributed by atoms with Crippen LogP contribution in [0.2, 0.25) is 0 Å². The minimum atomic E-state index is -3.13. The van der Waals surface area contributed by atoms with E-state index in [0.29, 0.717) is 32.4 Å². The zero-order valence-electron chi connectivity index (χ0n) is 13.8. The molecule has 0 aromatic carbocycles. The number of piperazine rings is 1. The van der Waals surface area contributed by atoms with Crippen molar-refractivity contribution in [1.29, 1.82) is 0 Å². The van der Waals surface area contributed by atoms with Crippen molar-refractivity contribution in [2.45, 2.75) is 45.6 Å². The number of hydrogen-bond acceptors (Lipinski definition) is 4. The van der Waals surface area contributed by atoms with Gasteiger partial charge in [0, 0.05) is 44.7 Å². The van der Waals surface area contributed by atoms with E-state index in [1.54, 1.807) is 4.31 Å². The van der Waals surface area contributed by atoms with Gasteiger partial charge in [0.15, 0.2) is 0 Å². The van der Waals surface area contributed by atoms with Crippen LogP contribution in [0.15, 0.2) is 0 Å². The van der Waals surface area contributed by atoms with Gasteiger partial charge in [-0.25, -0.2) is 12.7 Å². The van der Waals surface area contributed by atoms with Gasteiger partial charge < -0.3 is 10.2 Å². The Morgan fingerprint density at radius 1 is 1.23 bits per heavy atom. The third-order valence-corrected chi connectivity index (χ3v) is 6.69. The fraction of sp³-hybridized carbons (Fsp3) is 0.933. The van der Waals surface area contributed by atoms with Crippen molar-refractivity contribution in [2.24, 2.45) is 5.92 Å². The predicted octanol–water partition coefficient (Wildman–Crippen LogP) is 0.649. The molecule has 2 fully saturated rings. The largest absolute Gasteiger partial charge is 0.337 e. The molecule has 2 aliphatic rings. The molecular weight excluding hydrogens is 302 g/mol. The Balaban J connectivity index is 1.87. The summed E-state index contributed by atoms with van der Waals surface area (Å²) in [6, 6.07) is 0.229. The van der Waals surface area contributed by atoms with E-state index in [4.69, 9.17) is 0 Å². The van der Waals surface area contributed by atoms with Crippen LogP contribution >= 0.6 is 0 Å². The number of amides is 1. The average molecular weight is 331 g/mol. The van der Waals surface area contributed by atoms with E-state index < -0.39 is 10.0 Å². The van der Waals surface area contributed by atoms with Crippen molar-refractivity contribution in [3.05, 3.63) is 0 Å². The van der Waals surface area contributed by atoms with Crippen molar-refractivity contribution in [3.63, 3.8) is 0 Å². The van der Waals surface area contributed by atoms with Gasteiger partial charge in [0.25, 0.3) is 0 Å². The van der Waals surface area contributed by atoms with Crippen molar-refractivity contribution in [3.8, 4) is 0 Å². The summed E-state index contributed by atoms with van der Waals surface area (Å²) in [6.45, 7) is 7.49.